The second kappa shape index (κ2) is 6.12. The molecule has 0 saturated heterocycles. The van der Waals surface area contributed by atoms with Crippen molar-refractivity contribution in [3.05, 3.63) is 39.9 Å². The predicted octanol–water partition coefficient (Wildman–Crippen LogP) is 4.25. The number of thioether (sulfide) groups is 1. The molecule has 0 saturated carbocycles. The van der Waals surface area contributed by atoms with Crippen LogP contribution in [0, 0.1) is 13.8 Å². The number of hydrogen-bond donors (Lipinski definition) is 0. The third-order valence-electron chi connectivity index (χ3n) is 2.23. The number of hydrogen-bond acceptors (Lipinski definition) is 2. The summed E-state index contributed by atoms with van der Waals surface area (Å²) < 4.78 is 0. The molecule has 16 heavy (non-hydrogen) atoms. The standard InChI is InChI=1S/C13H15ClOS/c1-9-7-12(14)8-10(2)13(9)5-4-6-16-11(3)15/h4-5,7-8H,6H2,1-3H3. The zero-order valence-corrected chi connectivity index (χ0v) is 11.3. The Hall–Kier alpha value is -0.730. The molecular weight excluding hydrogens is 240 g/mol. The van der Waals surface area contributed by atoms with E-state index in [1.807, 2.05) is 32.1 Å². The summed E-state index contributed by atoms with van der Waals surface area (Å²) in [6, 6.07) is 3.90. The van der Waals surface area contributed by atoms with Crippen LogP contribution in [-0.2, 0) is 4.79 Å². The lowest BCUT2D eigenvalue weighted by Gasteiger charge is -2.05. The summed E-state index contributed by atoms with van der Waals surface area (Å²) in [5, 5.41) is 0.916. The Morgan fingerprint density at radius 3 is 2.44 bits per heavy atom. The summed E-state index contributed by atoms with van der Waals surface area (Å²) >= 11 is 7.27. The van der Waals surface area contributed by atoms with Gasteiger partial charge < -0.3 is 0 Å². The lowest BCUT2D eigenvalue weighted by molar-refractivity contribution is -0.109. The van der Waals surface area contributed by atoms with Gasteiger partial charge in [0.25, 0.3) is 0 Å². The summed E-state index contributed by atoms with van der Waals surface area (Å²) in [7, 11) is 0. The van der Waals surface area contributed by atoms with Crippen molar-refractivity contribution in [1.29, 1.82) is 0 Å². The molecule has 0 bridgehead atoms. The van der Waals surface area contributed by atoms with Gasteiger partial charge in [0.2, 0.25) is 0 Å². The summed E-state index contributed by atoms with van der Waals surface area (Å²) in [4.78, 5) is 10.7. The quantitative estimate of drug-likeness (QED) is 0.802. The van der Waals surface area contributed by atoms with E-state index in [1.165, 1.54) is 17.3 Å². The minimum atomic E-state index is 0.147. The second-order valence-corrected chi connectivity index (χ2v) is 5.29. The molecule has 0 radical (unpaired) electrons. The average molecular weight is 255 g/mol. The fraction of sp³-hybridized carbons (Fsp3) is 0.308. The molecular formula is C13H15ClOS. The Bertz CT molecular complexity index is 401. The van der Waals surface area contributed by atoms with Crippen molar-refractivity contribution in [1.82, 2.24) is 0 Å². The van der Waals surface area contributed by atoms with Crippen LogP contribution in [0.2, 0.25) is 5.02 Å². The van der Waals surface area contributed by atoms with Crippen molar-refractivity contribution >= 4 is 34.6 Å². The Morgan fingerprint density at radius 2 is 1.94 bits per heavy atom. The van der Waals surface area contributed by atoms with Crippen LogP contribution in [0.5, 0.6) is 0 Å². The topological polar surface area (TPSA) is 17.1 Å². The SMILES string of the molecule is CC(=O)SCC=Cc1c(C)cc(Cl)cc1C. The molecule has 0 N–H and O–H groups in total. The molecule has 0 unspecified atom stereocenters. The summed E-state index contributed by atoms with van der Waals surface area (Å²) in [5.41, 5.74) is 3.51. The number of benzene rings is 1. The predicted molar refractivity (Wildman–Crippen MR) is 73.1 cm³/mol. The Kier molecular flexibility index (Phi) is 5.10. The summed E-state index contributed by atoms with van der Waals surface area (Å²) in [6.45, 7) is 5.66. The molecule has 0 aliphatic heterocycles. The minimum Gasteiger partial charge on any atom is -0.288 e. The van der Waals surface area contributed by atoms with Crippen molar-refractivity contribution in [3.63, 3.8) is 0 Å². The van der Waals surface area contributed by atoms with Gasteiger partial charge in [0, 0.05) is 17.7 Å². The number of carbonyl (C=O) groups excluding carboxylic acids is 1. The zero-order valence-electron chi connectivity index (χ0n) is 9.71. The molecule has 1 aromatic rings. The molecule has 0 amide bonds. The first-order chi connectivity index (χ1) is 7.50. The first-order valence-corrected chi connectivity index (χ1v) is 6.43. The van der Waals surface area contributed by atoms with E-state index in [-0.39, 0.29) is 5.12 Å². The van der Waals surface area contributed by atoms with Crippen LogP contribution in [0.3, 0.4) is 0 Å². The monoisotopic (exact) mass is 254 g/mol. The summed E-state index contributed by atoms with van der Waals surface area (Å²) in [6.07, 6.45) is 4.06. The van der Waals surface area contributed by atoms with Crippen molar-refractivity contribution in [2.45, 2.75) is 20.8 Å². The van der Waals surface area contributed by atoms with E-state index in [1.54, 1.807) is 6.92 Å². The highest BCUT2D eigenvalue weighted by atomic mass is 35.5. The van der Waals surface area contributed by atoms with Gasteiger partial charge in [0.05, 0.1) is 0 Å². The van der Waals surface area contributed by atoms with Crippen LogP contribution in [0.4, 0.5) is 0 Å². The molecule has 1 aromatic carbocycles. The highest BCUT2D eigenvalue weighted by Gasteiger charge is 2.00. The van der Waals surface area contributed by atoms with E-state index < -0.39 is 0 Å². The van der Waals surface area contributed by atoms with Gasteiger partial charge in [-0.2, -0.15) is 0 Å². The lowest BCUT2D eigenvalue weighted by Crippen LogP contribution is -1.87. The first kappa shape index (κ1) is 13.3. The van der Waals surface area contributed by atoms with Crippen LogP contribution in [-0.4, -0.2) is 10.9 Å². The van der Waals surface area contributed by atoms with Crippen LogP contribution in [0.1, 0.15) is 23.6 Å². The van der Waals surface area contributed by atoms with Crippen molar-refractivity contribution < 1.29 is 4.79 Å². The number of rotatable bonds is 3. The van der Waals surface area contributed by atoms with Gasteiger partial charge in [-0.1, -0.05) is 35.5 Å². The van der Waals surface area contributed by atoms with Crippen molar-refractivity contribution in [3.8, 4) is 0 Å². The van der Waals surface area contributed by atoms with Gasteiger partial charge in [0.15, 0.2) is 5.12 Å². The lowest BCUT2D eigenvalue weighted by atomic mass is 10.0. The van der Waals surface area contributed by atoms with Crippen LogP contribution in [0.25, 0.3) is 6.08 Å². The van der Waals surface area contributed by atoms with E-state index in [0.29, 0.717) is 0 Å². The Balaban J connectivity index is 2.77. The van der Waals surface area contributed by atoms with E-state index in [4.69, 9.17) is 11.6 Å². The maximum Gasteiger partial charge on any atom is 0.186 e. The average Bonchev–Trinajstić information content (AvgIpc) is 2.14. The summed E-state index contributed by atoms with van der Waals surface area (Å²) in [5.74, 6) is 0.719. The highest BCUT2D eigenvalue weighted by molar-refractivity contribution is 8.13. The molecule has 0 aliphatic rings. The molecule has 0 aromatic heterocycles. The number of aryl methyl sites for hydroxylation is 2. The third-order valence-corrected chi connectivity index (χ3v) is 3.21. The van der Waals surface area contributed by atoms with E-state index in [9.17, 15) is 4.79 Å². The van der Waals surface area contributed by atoms with Crippen molar-refractivity contribution in [2.24, 2.45) is 0 Å². The van der Waals surface area contributed by atoms with Crippen LogP contribution >= 0.6 is 23.4 Å². The van der Waals surface area contributed by atoms with Gasteiger partial charge in [-0.05, 0) is 42.7 Å². The first-order valence-electron chi connectivity index (χ1n) is 5.07. The van der Waals surface area contributed by atoms with E-state index in [0.717, 1.165) is 21.9 Å². The fourth-order valence-corrected chi connectivity index (χ4v) is 2.27. The van der Waals surface area contributed by atoms with Crippen LogP contribution in [0.15, 0.2) is 18.2 Å². The van der Waals surface area contributed by atoms with E-state index >= 15 is 0 Å². The largest absolute Gasteiger partial charge is 0.288 e. The normalized spacial score (nSPS) is 11.0. The smallest absolute Gasteiger partial charge is 0.186 e. The second-order valence-electron chi connectivity index (χ2n) is 3.66. The zero-order chi connectivity index (χ0) is 12.1. The molecule has 0 heterocycles. The minimum absolute atomic E-state index is 0.147. The molecule has 86 valence electrons. The Labute approximate surface area is 106 Å². The van der Waals surface area contributed by atoms with Crippen LogP contribution < -0.4 is 0 Å². The van der Waals surface area contributed by atoms with Gasteiger partial charge in [-0.15, -0.1) is 0 Å². The maximum atomic E-state index is 10.7. The molecule has 0 atom stereocenters. The van der Waals surface area contributed by atoms with E-state index in [2.05, 4.69) is 6.08 Å². The molecule has 0 spiro atoms. The van der Waals surface area contributed by atoms with Gasteiger partial charge in [0.1, 0.15) is 0 Å². The molecule has 3 heteroatoms. The Morgan fingerprint density at radius 1 is 1.38 bits per heavy atom. The molecule has 0 fully saturated rings. The fourth-order valence-electron chi connectivity index (χ4n) is 1.52. The van der Waals surface area contributed by atoms with Gasteiger partial charge >= 0.3 is 0 Å². The molecule has 1 nitrogen and oxygen atoms in total. The number of halogens is 1. The highest BCUT2D eigenvalue weighted by Crippen LogP contribution is 2.21. The molecule has 0 aliphatic carbocycles. The maximum absolute atomic E-state index is 10.7. The third kappa shape index (κ3) is 4.03. The number of carbonyl (C=O) groups is 1. The van der Waals surface area contributed by atoms with Crippen molar-refractivity contribution in [2.75, 3.05) is 5.75 Å². The molecule has 1 rings (SSSR count). The van der Waals surface area contributed by atoms with Gasteiger partial charge in [-0.3, -0.25) is 4.79 Å². The van der Waals surface area contributed by atoms with Gasteiger partial charge in [-0.25, -0.2) is 0 Å².